The van der Waals surface area contributed by atoms with Crippen molar-refractivity contribution in [3.63, 3.8) is 0 Å². The topological polar surface area (TPSA) is 110 Å². The molecular weight excluding hydrogens is 334 g/mol. The second-order valence-electron chi connectivity index (χ2n) is 5.78. The molecule has 2 N–H and O–H groups in total. The highest BCUT2D eigenvalue weighted by molar-refractivity contribution is 6.31. The Morgan fingerprint density at radius 2 is 2.00 bits per heavy atom. The van der Waals surface area contributed by atoms with Gasteiger partial charge in [0.25, 0.3) is 5.91 Å². The number of carbonyl (C=O) groups is 2. The molecule has 1 aromatic carbocycles. The molecule has 1 fully saturated rings. The fourth-order valence-corrected chi connectivity index (χ4v) is 3.08. The second-order valence-corrected chi connectivity index (χ2v) is 6.21. The van der Waals surface area contributed by atoms with Crippen molar-refractivity contribution >= 4 is 23.5 Å². The van der Waals surface area contributed by atoms with Gasteiger partial charge in [-0.2, -0.15) is 4.68 Å². The first-order chi connectivity index (χ1) is 11.5. The quantitative estimate of drug-likeness (QED) is 0.869. The van der Waals surface area contributed by atoms with Crippen molar-refractivity contribution in [1.29, 1.82) is 0 Å². The van der Waals surface area contributed by atoms with E-state index in [9.17, 15) is 9.59 Å². The molecule has 3 rings (SSSR count). The van der Waals surface area contributed by atoms with E-state index >= 15 is 0 Å². The number of hydrogen-bond donors (Lipinski definition) is 2. The van der Waals surface area contributed by atoms with E-state index in [1.165, 1.54) is 11.0 Å². The molecule has 9 heteroatoms. The summed E-state index contributed by atoms with van der Waals surface area (Å²) in [4.78, 5) is 23.6. The van der Waals surface area contributed by atoms with Gasteiger partial charge < -0.3 is 10.4 Å². The number of carboxylic acid groups (broad SMARTS) is 1. The second kappa shape index (κ2) is 6.96. The number of benzene rings is 1. The van der Waals surface area contributed by atoms with Crippen molar-refractivity contribution in [2.45, 2.75) is 31.7 Å². The molecule has 0 atom stereocenters. The molecule has 126 valence electrons. The highest BCUT2D eigenvalue weighted by atomic mass is 35.5. The number of nitrogens with one attached hydrogen (secondary N) is 1. The Bertz CT molecular complexity index is 742. The molecule has 0 saturated heterocycles. The summed E-state index contributed by atoms with van der Waals surface area (Å²) < 4.78 is 1.40. The van der Waals surface area contributed by atoms with Gasteiger partial charge in [-0.3, -0.25) is 9.59 Å². The summed E-state index contributed by atoms with van der Waals surface area (Å²) >= 11 is 6.01. The lowest BCUT2D eigenvalue weighted by atomic mass is 9.86. The van der Waals surface area contributed by atoms with Crippen molar-refractivity contribution in [3.8, 4) is 5.69 Å². The van der Waals surface area contributed by atoms with Crippen LogP contribution in [0.3, 0.4) is 0 Å². The third-order valence-electron chi connectivity index (χ3n) is 4.21. The predicted octanol–water partition coefficient (Wildman–Crippen LogP) is 1.69. The Hall–Kier alpha value is -2.48. The van der Waals surface area contributed by atoms with Gasteiger partial charge in [0.1, 0.15) is 6.33 Å². The first kappa shape index (κ1) is 16.4. The molecule has 0 aliphatic heterocycles. The average molecular weight is 350 g/mol. The Labute approximate surface area is 142 Å². The Morgan fingerprint density at radius 3 is 2.62 bits per heavy atom. The van der Waals surface area contributed by atoms with Crippen LogP contribution in [0.4, 0.5) is 0 Å². The maximum absolute atomic E-state index is 12.6. The maximum atomic E-state index is 12.6. The number of nitrogens with zero attached hydrogens (tertiary/aromatic N) is 4. The minimum Gasteiger partial charge on any atom is -0.481 e. The molecule has 1 aromatic heterocycles. The summed E-state index contributed by atoms with van der Waals surface area (Å²) in [6.45, 7) is 0. The van der Waals surface area contributed by atoms with Crippen molar-refractivity contribution in [2.24, 2.45) is 5.92 Å². The van der Waals surface area contributed by atoms with Gasteiger partial charge in [-0.25, -0.2) is 0 Å². The number of halogens is 1. The zero-order chi connectivity index (χ0) is 17.1. The van der Waals surface area contributed by atoms with E-state index in [1.807, 2.05) is 0 Å². The summed E-state index contributed by atoms with van der Waals surface area (Å²) in [5.41, 5.74) is 0.899. The van der Waals surface area contributed by atoms with Crippen LogP contribution in [0.1, 0.15) is 36.0 Å². The van der Waals surface area contributed by atoms with Crippen molar-refractivity contribution < 1.29 is 14.7 Å². The lowest BCUT2D eigenvalue weighted by molar-refractivity contribution is -0.142. The van der Waals surface area contributed by atoms with Gasteiger partial charge >= 0.3 is 5.97 Å². The van der Waals surface area contributed by atoms with Gasteiger partial charge in [0.2, 0.25) is 0 Å². The molecule has 1 heterocycles. The standard InChI is InChI=1S/C15H16ClN5O3/c16-10-3-6-13(21-8-17-19-20-21)12(7-10)14(22)18-11-4-1-9(2-5-11)15(23)24/h3,6-9,11H,1-2,4-5H2,(H,18,22)(H,23,24). The summed E-state index contributed by atoms with van der Waals surface area (Å²) in [5.74, 6) is -1.36. The van der Waals surface area contributed by atoms with Gasteiger partial charge in [-0.15, -0.1) is 5.10 Å². The van der Waals surface area contributed by atoms with Crippen LogP contribution < -0.4 is 5.32 Å². The molecule has 1 saturated carbocycles. The molecule has 0 spiro atoms. The normalized spacial score (nSPS) is 20.5. The number of carboxylic acids is 1. The van der Waals surface area contributed by atoms with Crippen molar-refractivity contribution in [2.75, 3.05) is 0 Å². The highest BCUT2D eigenvalue weighted by Crippen LogP contribution is 2.25. The Balaban J connectivity index is 1.74. The van der Waals surface area contributed by atoms with Crippen molar-refractivity contribution in [3.05, 3.63) is 35.1 Å². The first-order valence-corrected chi connectivity index (χ1v) is 7.99. The fourth-order valence-electron chi connectivity index (χ4n) is 2.91. The van der Waals surface area contributed by atoms with E-state index in [2.05, 4.69) is 20.8 Å². The highest BCUT2D eigenvalue weighted by Gasteiger charge is 2.27. The van der Waals surface area contributed by atoms with E-state index in [-0.39, 0.29) is 17.9 Å². The zero-order valence-corrected chi connectivity index (χ0v) is 13.5. The van der Waals surface area contributed by atoms with E-state index < -0.39 is 5.97 Å². The molecule has 1 aliphatic rings. The van der Waals surface area contributed by atoms with Crippen LogP contribution in [-0.2, 0) is 4.79 Å². The van der Waals surface area contributed by atoms with Crippen LogP contribution in [0.5, 0.6) is 0 Å². The molecule has 8 nitrogen and oxygen atoms in total. The summed E-state index contributed by atoms with van der Waals surface area (Å²) in [5, 5.41) is 23.4. The van der Waals surface area contributed by atoms with Crippen LogP contribution in [0.25, 0.3) is 5.69 Å². The number of rotatable bonds is 4. The summed E-state index contributed by atoms with van der Waals surface area (Å²) in [6, 6.07) is 4.85. The number of hydrogen-bond acceptors (Lipinski definition) is 5. The summed E-state index contributed by atoms with van der Waals surface area (Å²) in [7, 11) is 0. The van der Waals surface area contributed by atoms with Crippen molar-refractivity contribution in [1.82, 2.24) is 25.5 Å². The number of carbonyl (C=O) groups excluding carboxylic acids is 1. The van der Waals surface area contributed by atoms with Gasteiger partial charge in [0.05, 0.1) is 17.2 Å². The van der Waals surface area contributed by atoms with Crippen LogP contribution in [0.15, 0.2) is 24.5 Å². The third-order valence-corrected chi connectivity index (χ3v) is 4.45. The van der Waals surface area contributed by atoms with E-state index in [0.717, 1.165) is 0 Å². The average Bonchev–Trinajstić information content (AvgIpc) is 3.09. The Morgan fingerprint density at radius 1 is 1.25 bits per heavy atom. The third kappa shape index (κ3) is 3.53. The molecule has 24 heavy (non-hydrogen) atoms. The SMILES string of the molecule is O=C(NC1CCC(C(=O)O)CC1)c1cc(Cl)ccc1-n1cnnn1. The van der Waals surface area contributed by atoms with Crippen LogP contribution >= 0.6 is 11.6 Å². The molecule has 0 radical (unpaired) electrons. The molecular formula is C15H16ClN5O3. The molecule has 2 aromatic rings. The molecule has 1 aliphatic carbocycles. The van der Waals surface area contributed by atoms with Gasteiger partial charge in [0, 0.05) is 11.1 Å². The predicted molar refractivity (Wildman–Crippen MR) is 85.0 cm³/mol. The smallest absolute Gasteiger partial charge is 0.306 e. The number of aromatic nitrogens is 4. The Kier molecular flexibility index (Phi) is 4.75. The maximum Gasteiger partial charge on any atom is 0.306 e. The van der Waals surface area contributed by atoms with Crippen LogP contribution in [-0.4, -0.2) is 43.2 Å². The monoisotopic (exact) mass is 349 g/mol. The number of tetrazole rings is 1. The lowest BCUT2D eigenvalue weighted by Gasteiger charge is -2.27. The molecule has 0 unspecified atom stereocenters. The zero-order valence-electron chi connectivity index (χ0n) is 12.7. The minimum absolute atomic E-state index is 0.0474. The molecule has 0 bridgehead atoms. The fraction of sp³-hybridized carbons (Fsp3) is 0.400. The van der Waals surface area contributed by atoms with Gasteiger partial charge in [-0.05, 0) is 54.3 Å². The first-order valence-electron chi connectivity index (χ1n) is 7.61. The van der Waals surface area contributed by atoms with Gasteiger partial charge in [0.15, 0.2) is 0 Å². The molecule has 1 amide bonds. The lowest BCUT2D eigenvalue weighted by Crippen LogP contribution is -2.39. The van der Waals surface area contributed by atoms with Crippen LogP contribution in [0, 0.1) is 5.92 Å². The number of amides is 1. The summed E-state index contributed by atoms with van der Waals surface area (Å²) in [6.07, 6.45) is 3.82. The van der Waals surface area contributed by atoms with E-state index in [4.69, 9.17) is 16.7 Å². The van der Waals surface area contributed by atoms with Crippen LogP contribution in [0.2, 0.25) is 5.02 Å². The van der Waals surface area contributed by atoms with Gasteiger partial charge in [-0.1, -0.05) is 11.6 Å². The van der Waals surface area contributed by atoms with E-state index in [0.29, 0.717) is 42.0 Å². The number of aliphatic carboxylic acids is 1. The minimum atomic E-state index is -0.768. The largest absolute Gasteiger partial charge is 0.481 e. The van der Waals surface area contributed by atoms with E-state index in [1.54, 1.807) is 18.2 Å².